The summed E-state index contributed by atoms with van der Waals surface area (Å²) in [6, 6.07) is 10.9. The number of carbonyl (C=O) groups excluding carboxylic acids is 1. The predicted molar refractivity (Wildman–Crippen MR) is 115 cm³/mol. The van der Waals surface area contributed by atoms with Crippen LogP contribution in [0.15, 0.2) is 47.3 Å². The first-order valence-electron chi connectivity index (χ1n) is 10.8. The molecule has 1 aromatic heterocycles. The Kier molecular flexibility index (Phi) is 6.07. The van der Waals surface area contributed by atoms with Gasteiger partial charge in [-0.1, -0.05) is 24.3 Å². The number of carbonyl (C=O) groups is 1. The van der Waals surface area contributed by atoms with Crippen LogP contribution in [0.3, 0.4) is 0 Å². The third kappa shape index (κ3) is 4.57. The van der Waals surface area contributed by atoms with Gasteiger partial charge >= 0.3 is 0 Å². The molecule has 5 nitrogen and oxygen atoms in total. The van der Waals surface area contributed by atoms with E-state index in [1.54, 1.807) is 6.26 Å². The molecule has 2 heterocycles. The second-order valence-corrected chi connectivity index (χ2v) is 9.03. The molecule has 2 aliphatic rings. The number of hydrogen-bond acceptors (Lipinski definition) is 4. The summed E-state index contributed by atoms with van der Waals surface area (Å²) in [6.45, 7) is 4.76. The monoisotopic (exact) mass is 395 g/mol. The maximum atomic E-state index is 12.5. The molecule has 1 aromatic carbocycles. The topological polar surface area (TPSA) is 48.7 Å². The van der Waals surface area contributed by atoms with Crippen LogP contribution in [-0.2, 0) is 16.8 Å². The number of piperidine rings is 1. The van der Waals surface area contributed by atoms with Crippen molar-refractivity contribution in [2.45, 2.75) is 43.6 Å². The molecule has 156 valence electrons. The Hall–Kier alpha value is -2.11. The molecule has 0 saturated carbocycles. The normalized spacial score (nSPS) is 20.9. The lowest BCUT2D eigenvalue weighted by atomic mass is 9.73. The van der Waals surface area contributed by atoms with Crippen LogP contribution in [-0.4, -0.2) is 56.0 Å². The van der Waals surface area contributed by atoms with Crippen LogP contribution in [0.1, 0.15) is 48.3 Å². The van der Waals surface area contributed by atoms with E-state index >= 15 is 0 Å². The minimum Gasteiger partial charge on any atom is -0.472 e. The zero-order valence-corrected chi connectivity index (χ0v) is 17.7. The summed E-state index contributed by atoms with van der Waals surface area (Å²) in [5, 5.41) is 3.10. The maximum absolute atomic E-state index is 12.5. The van der Waals surface area contributed by atoms with Crippen LogP contribution in [0.4, 0.5) is 0 Å². The van der Waals surface area contributed by atoms with Crippen LogP contribution >= 0.6 is 0 Å². The number of furan rings is 1. The van der Waals surface area contributed by atoms with Gasteiger partial charge in [-0.25, -0.2) is 0 Å². The van der Waals surface area contributed by atoms with E-state index in [1.807, 2.05) is 20.4 Å². The van der Waals surface area contributed by atoms with Crippen molar-refractivity contribution in [2.75, 3.05) is 40.3 Å². The quantitative estimate of drug-likeness (QED) is 0.781. The number of likely N-dealkylation sites (tertiary alicyclic amines) is 1. The molecule has 1 N–H and O–H groups in total. The minimum atomic E-state index is 0.182. The first-order chi connectivity index (χ1) is 14.1. The Morgan fingerprint density at radius 1 is 1.24 bits per heavy atom. The lowest BCUT2D eigenvalue weighted by molar-refractivity contribution is -0.121. The van der Waals surface area contributed by atoms with E-state index in [-0.39, 0.29) is 11.3 Å². The van der Waals surface area contributed by atoms with Crippen molar-refractivity contribution in [1.29, 1.82) is 0 Å². The number of hydrogen-bond donors (Lipinski definition) is 1. The van der Waals surface area contributed by atoms with Gasteiger partial charge < -0.3 is 14.6 Å². The van der Waals surface area contributed by atoms with Gasteiger partial charge in [-0.05, 0) is 75.0 Å². The smallest absolute Gasteiger partial charge is 0.220 e. The Morgan fingerprint density at radius 2 is 2.03 bits per heavy atom. The van der Waals surface area contributed by atoms with Crippen LogP contribution in [0.5, 0.6) is 0 Å². The zero-order chi connectivity index (χ0) is 20.3. The molecule has 0 unspecified atom stereocenters. The van der Waals surface area contributed by atoms with Crippen LogP contribution in [0, 0.1) is 0 Å². The predicted octanol–water partition coefficient (Wildman–Crippen LogP) is 3.37. The van der Waals surface area contributed by atoms with Gasteiger partial charge in [0.2, 0.25) is 5.91 Å². The average molecular weight is 396 g/mol. The van der Waals surface area contributed by atoms with Gasteiger partial charge in [0.1, 0.15) is 0 Å². The molecule has 4 rings (SSSR count). The summed E-state index contributed by atoms with van der Waals surface area (Å²) < 4.78 is 5.22. The Morgan fingerprint density at radius 3 is 2.76 bits per heavy atom. The van der Waals surface area contributed by atoms with Gasteiger partial charge in [-0.15, -0.1) is 0 Å². The van der Waals surface area contributed by atoms with Crippen LogP contribution in [0.25, 0.3) is 0 Å². The van der Waals surface area contributed by atoms with Crippen LogP contribution < -0.4 is 5.32 Å². The van der Waals surface area contributed by atoms with Gasteiger partial charge in [0.25, 0.3) is 0 Å². The van der Waals surface area contributed by atoms with Crippen molar-refractivity contribution in [3.63, 3.8) is 0 Å². The molecule has 2 aromatic rings. The zero-order valence-electron chi connectivity index (χ0n) is 17.7. The van der Waals surface area contributed by atoms with Crippen molar-refractivity contribution in [3.8, 4) is 0 Å². The number of amides is 1. The van der Waals surface area contributed by atoms with E-state index in [4.69, 9.17) is 4.42 Å². The van der Waals surface area contributed by atoms with Gasteiger partial charge in [0, 0.05) is 31.6 Å². The molecule has 1 atom stereocenters. The largest absolute Gasteiger partial charge is 0.472 e. The number of fused-ring (bicyclic) bond motifs is 2. The fourth-order valence-electron chi connectivity index (χ4n) is 5.18. The summed E-state index contributed by atoms with van der Waals surface area (Å²) in [4.78, 5) is 17.2. The highest BCUT2D eigenvalue weighted by Crippen LogP contribution is 2.52. The van der Waals surface area contributed by atoms with Crippen molar-refractivity contribution in [1.82, 2.24) is 15.1 Å². The van der Waals surface area contributed by atoms with Crippen molar-refractivity contribution in [2.24, 2.45) is 0 Å². The number of nitrogens with zero attached hydrogens (tertiary/aromatic N) is 2. The number of rotatable bonds is 7. The van der Waals surface area contributed by atoms with Crippen LogP contribution in [0.2, 0.25) is 0 Å². The van der Waals surface area contributed by atoms with Gasteiger partial charge in [-0.2, -0.15) is 0 Å². The van der Waals surface area contributed by atoms with E-state index in [0.29, 0.717) is 18.9 Å². The first-order valence-corrected chi connectivity index (χ1v) is 10.8. The molecule has 1 aliphatic heterocycles. The lowest BCUT2D eigenvalue weighted by Crippen LogP contribution is -2.41. The SMILES string of the molecule is CN(C)CCNC(=O)C[C@@H]1CC2(CCN(Cc3ccoc3)CC2)c2ccccc21. The number of nitrogens with one attached hydrogen (secondary N) is 1. The molecule has 1 saturated heterocycles. The van der Waals surface area contributed by atoms with E-state index in [1.165, 1.54) is 29.5 Å². The lowest BCUT2D eigenvalue weighted by Gasteiger charge is -2.40. The highest BCUT2D eigenvalue weighted by Gasteiger charge is 2.45. The Labute approximate surface area is 174 Å². The van der Waals surface area contributed by atoms with Gasteiger partial charge in [0.05, 0.1) is 12.5 Å². The molecular weight excluding hydrogens is 362 g/mol. The van der Waals surface area contributed by atoms with Crippen molar-refractivity contribution < 1.29 is 9.21 Å². The third-order valence-corrected chi connectivity index (χ3v) is 6.72. The standard InChI is InChI=1S/C24H33N3O2/c1-26(2)13-10-25-23(28)15-20-16-24(22-6-4-3-5-21(20)22)8-11-27(12-9-24)17-19-7-14-29-18-19/h3-7,14,18,20H,8-13,15-17H2,1-2H3,(H,25,28)/t20-/m1/s1. The first kappa shape index (κ1) is 20.2. The maximum Gasteiger partial charge on any atom is 0.220 e. The average Bonchev–Trinajstić information content (AvgIpc) is 3.31. The molecule has 0 radical (unpaired) electrons. The molecular formula is C24H33N3O2. The summed E-state index contributed by atoms with van der Waals surface area (Å²) in [7, 11) is 4.06. The van der Waals surface area contributed by atoms with Gasteiger partial charge in [-0.3, -0.25) is 9.69 Å². The fraction of sp³-hybridized carbons (Fsp3) is 0.542. The Bertz CT molecular complexity index is 807. The third-order valence-electron chi connectivity index (χ3n) is 6.72. The van der Waals surface area contributed by atoms with Crippen molar-refractivity contribution in [3.05, 3.63) is 59.5 Å². The summed E-state index contributed by atoms with van der Waals surface area (Å²) in [6.07, 6.45) is 7.64. The second-order valence-electron chi connectivity index (χ2n) is 9.03. The number of likely N-dealkylation sites (N-methyl/N-ethyl adjacent to an activating group) is 1. The summed E-state index contributed by atoms with van der Waals surface area (Å²) in [5.41, 5.74) is 4.38. The summed E-state index contributed by atoms with van der Waals surface area (Å²) in [5.74, 6) is 0.520. The molecule has 1 fully saturated rings. The number of benzene rings is 1. The second kappa shape index (κ2) is 8.72. The van der Waals surface area contributed by atoms with E-state index in [2.05, 4.69) is 45.4 Å². The van der Waals surface area contributed by atoms with Gasteiger partial charge in [0.15, 0.2) is 0 Å². The highest BCUT2D eigenvalue weighted by molar-refractivity contribution is 5.77. The van der Waals surface area contributed by atoms with E-state index in [0.717, 1.165) is 32.6 Å². The molecule has 1 amide bonds. The van der Waals surface area contributed by atoms with Crippen molar-refractivity contribution >= 4 is 5.91 Å². The Balaban J connectivity index is 1.40. The molecule has 1 spiro atoms. The summed E-state index contributed by atoms with van der Waals surface area (Å²) >= 11 is 0. The molecule has 0 bridgehead atoms. The van der Waals surface area contributed by atoms with E-state index < -0.39 is 0 Å². The fourth-order valence-corrected chi connectivity index (χ4v) is 5.18. The minimum absolute atomic E-state index is 0.182. The molecule has 29 heavy (non-hydrogen) atoms. The molecule has 5 heteroatoms. The molecule has 1 aliphatic carbocycles. The van der Waals surface area contributed by atoms with E-state index in [9.17, 15) is 4.79 Å². The highest BCUT2D eigenvalue weighted by atomic mass is 16.3.